The highest BCUT2D eigenvalue weighted by atomic mass is 19.1. The number of rotatable bonds is 5. The maximum absolute atomic E-state index is 12.8. The van der Waals surface area contributed by atoms with Gasteiger partial charge in [0, 0.05) is 0 Å². The van der Waals surface area contributed by atoms with Gasteiger partial charge in [0.25, 0.3) is 5.91 Å². The fourth-order valence-electron chi connectivity index (χ4n) is 1.33. The monoisotopic (exact) mass is 283 g/mol. The molecule has 5 heteroatoms. The molecule has 0 aromatic heterocycles. The smallest absolute Gasteiger partial charge is 0.261 e. The van der Waals surface area contributed by atoms with E-state index >= 15 is 0 Å². The molecule has 1 aromatic rings. The van der Waals surface area contributed by atoms with Crippen LogP contribution in [-0.4, -0.2) is 28.3 Å². The zero-order chi connectivity index (χ0) is 15.6. The van der Waals surface area contributed by atoms with Crippen LogP contribution in [0, 0.1) is 5.82 Å². The first kappa shape index (κ1) is 16.4. The van der Waals surface area contributed by atoms with Crippen LogP contribution in [0.2, 0.25) is 0 Å². The van der Waals surface area contributed by atoms with Gasteiger partial charge in [0.1, 0.15) is 11.6 Å². The van der Waals surface area contributed by atoms with E-state index in [1.165, 1.54) is 24.3 Å². The molecule has 1 atom stereocenters. The second-order valence-corrected chi connectivity index (χ2v) is 5.89. The van der Waals surface area contributed by atoms with Crippen LogP contribution in [0.5, 0.6) is 5.75 Å². The van der Waals surface area contributed by atoms with Gasteiger partial charge in [-0.25, -0.2) is 4.39 Å². The third-order valence-corrected chi connectivity index (χ3v) is 3.46. The third kappa shape index (κ3) is 4.20. The molecule has 0 aliphatic rings. The molecule has 0 heterocycles. The average Bonchev–Trinajstić information content (AvgIpc) is 2.30. The van der Waals surface area contributed by atoms with E-state index in [0.29, 0.717) is 5.75 Å². The Labute approximate surface area is 119 Å². The summed E-state index contributed by atoms with van der Waals surface area (Å²) in [6.07, 6.45) is -0.748. The molecule has 0 fully saturated rings. The number of carbonyl (C=O) groups is 1. The van der Waals surface area contributed by atoms with Gasteiger partial charge in [0.15, 0.2) is 6.10 Å². The average molecular weight is 283 g/mol. The van der Waals surface area contributed by atoms with Crippen LogP contribution >= 0.6 is 0 Å². The lowest BCUT2D eigenvalue weighted by atomic mass is 9.86. The quantitative estimate of drug-likeness (QED) is 0.871. The van der Waals surface area contributed by atoms with Crippen LogP contribution in [0.25, 0.3) is 0 Å². The molecule has 1 aromatic carbocycles. The van der Waals surface area contributed by atoms with Crippen molar-refractivity contribution in [2.45, 2.75) is 51.9 Å². The second-order valence-electron chi connectivity index (χ2n) is 5.89. The lowest BCUT2D eigenvalue weighted by Gasteiger charge is -2.38. The lowest BCUT2D eigenvalue weighted by Crippen LogP contribution is -2.59. The van der Waals surface area contributed by atoms with Gasteiger partial charge in [-0.15, -0.1) is 0 Å². The van der Waals surface area contributed by atoms with Gasteiger partial charge in [-0.1, -0.05) is 0 Å². The number of hydrogen-bond acceptors (Lipinski definition) is 3. The molecular formula is C15H22FNO3. The molecule has 1 amide bonds. The van der Waals surface area contributed by atoms with E-state index in [0.717, 1.165) is 0 Å². The number of ether oxygens (including phenoxy) is 1. The number of halogens is 1. The van der Waals surface area contributed by atoms with Gasteiger partial charge < -0.3 is 15.2 Å². The third-order valence-electron chi connectivity index (χ3n) is 3.46. The molecule has 0 aliphatic heterocycles. The van der Waals surface area contributed by atoms with Crippen LogP contribution in [0.4, 0.5) is 4.39 Å². The summed E-state index contributed by atoms with van der Waals surface area (Å²) in [6.45, 7) is 8.31. The van der Waals surface area contributed by atoms with Crippen molar-refractivity contribution in [3.05, 3.63) is 30.1 Å². The number of nitrogens with one attached hydrogen (secondary N) is 1. The molecule has 1 unspecified atom stereocenters. The fourth-order valence-corrected chi connectivity index (χ4v) is 1.33. The van der Waals surface area contributed by atoms with Crippen molar-refractivity contribution in [1.82, 2.24) is 5.32 Å². The minimum absolute atomic E-state index is 0.346. The summed E-state index contributed by atoms with van der Waals surface area (Å²) >= 11 is 0. The van der Waals surface area contributed by atoms with Gasteiger partial charge in [-0.3, -0.25) is 4.79 Å². The van der Waals surface area contributed by atoms with E-state index in [-0.39, 0.29) is 11.7 Å². The number of aliphatic hydroxyl groups is 1. The van der Waals surface area contributed by atoms with Crippen molar-refractivity contribution in [3.63, 3.8) is 0 Å². The normalized spacial score (nSPS) is 13.8. The lowest BCUT2D eigenvalue weighted by molar-refractivity contribution is -0.132. The molecule has 0 bridgehead atoms. The highest BCUT2D eigenvalue weighted by molar-refractivity contribution is 5.81. The zero-order valence-corrected chi connectivity index (χ0v) is 12.5. The first-order valence-corrected chi connectivity index (χ1v) is 6.49. The largest absolute Gasteiger partial charge is 0.481 e. The Balaban J connectivity index is 2.66. The summed E-state index contributed by atoms with van der Waals surface area (Å²) < 4.78 is 18.2. The summed E-state index contributed by atoms with van der Waals surface area (Å²) in [6, 6.07) is 5.45. The molecule has 0 spiro atoms. The number of benzene rings is 1. The Morgan fingerprint density at radius 2 is 1.75 bits per heavy atom. The highest BCUT2D eigenvalue weighted by Gasteiger charge is 2.37. The molecule has 1 rings (SSSR count). The molecule has 0 radical (unpaired) electrons. The maximum Gasteiger partial charge on any atom is 0.261 e. The van der Waals surface area contributed by atoms with Crippen molar-refractivity contribution >= 4 is 5.91 Å². The molecule has 0 saturated carbocycles. The van der Waals surface area contributed by atoms with Crippen LogP contribution in [0.1, 0.15) is 34.6 Å². The minimum Gasteiger partial charge on any atom is -0.481 e. The van der Waals surface area contributed by atoms with Crippen LogP contribution in [0.3, 0.4) is 0 Å². The highest BCUT2D eigenvalue weighted by Crippen LogP contribution is 2.21. The van der Waals surface area contributed by atoms with E-state index in [9.17, 15) is 14.3 Å². The van der Waals surface area contributed by atoms with E-state index < -0.39 is 17.2 Å². The van der Waals surface area contributed by atoms with Crippen LogP contribution in [0.15, 0.2) is 24.3 Å². The number of amides is 1. The molecule has 112 valence electrons. The van der Waals surface area contributed by atoms with Gasteiger partial charge in [0.05, 0.1) is 11.1 Å². The van der Waals surface area contributed by atoms with E-state index in [1.54, 1.807) is 34.6 Å². The molecular weight excluding hydrogens is 261 g/mol. The van der Waals surface area contributed by atoms with Crippen molar-refractivity contribution in [3.8, 4) is 5.75 Å². The van der Waals surface area contributed by atoms with E-state index in [1.807, 2.05) is 0 Å². The van der Waals surface area contributed by atoms with Gasteiger partial charge in [0.2, 0.25) is 0 Å². The van der Waals surface area contributed by atoms with E-state index in [4.69, 9.17) is 4.74 Å². The van der Waals surface area contributed by atoms with Crippen molar-refractivity contribution in [2.24, 2.45) is 0 Å². The second kappa shape index (κ2) is 5.79. The molecule has 2 N–H and O–H groups in total. The standard InChI is InChI=1S/C15H22FNO3/c1-10(20-12-8-6-11(16)7-9-12)13(18)17-14(2,3)15(4,5)19/h6-10,19H,1-5H3,(H,17,18). The summed E-state index contributed by atoms with van der Waals surface area (Å²) in [7, 11) is 0. The predicted molar refractivity (Wildman–Crippen MR) is 75.0 cm³/mol. The maximum atomic E-state index is 12.8. The topological polar surface area (TPSA) is 58.6 Å². The van der Waals surface area contributed by atoms with Crippen molar-refractivity contribution in [1.29, 1.82) is 0 Å². The molecule has 20 heavy (non-hydrogen) atoms. The fraction of sp³-hybridized carbons (Fsp3) is 0.533. The predicted octanol–water partition coefficient (Wildman–Crippen LogP) is 2.26. The Hall–Kier alpha value is -1.62. The minimum atomic E-state index is -1.07. The Morgan fingerprint density at radius 3 is 2.20 bits per heavy atom. The van der Waals surface area contributed by atoms with Crippen LogP contribution < -0.4 is 10.1 Å². The van der Waals surface area contributed by atoms with E-state index in [2.05, 4.69) is 5.32 Å². The van der Waals surface area contributed by atoms with Crippen molar-refractivity contribution < 1.29 is 19.0 Å². The zero-order valence-electron chi connectivity index (χ0n) is 12.5. The molecule has 0 saturated heterocycles. The van der Waals surface area contributed by atoms with Gasteiger partial charge in [-0.2, -0.15) is 0 Å². The van der Waals surface area contributed by atoms with Gasteiger partial charge >= 0.3 is 0 Å². The molecule has 0 aliphatic carbocycles. The number of carbonyl (C=O) groups excluding carboxylic acids is 1. The summed E-state index contributed by atoms with van der Waals surface area (Å²) in [5, 5.41) is 12.7. The van der Waals surface area contributed by atoms with Crippen molar-refractivity contribution in [2.75, 3.05) is 0 Å². The first-order valence-electron chi connectivity index (χ1n) is 6.49. The summed E-state index contributed by atoms with van der Waals surface area (Å²) in [4.78, 5) is 12.1. The SMILES string of the molecule is CC(Oc1ccc(F)cc1)C(=O)NC(C)(C)C(C)(C)O. The Kier molecular flexibility index (Phi) is 4.76. The Bertz CT molecular complexity index is 463. The van der Waals surface area contributed by atoms with Gasteiger partial charge in [-0.05, 0) is 58.9 Å². The number of hydrogen-bond donors (Lipinski definition) is 2. The molecule has 4 nitrogen and oxygen atoms in total. The summed E-state index contributed by atoms with van der Waals surface area (Å²) in [5.41, 5.74) is -1.87. The summed E-state index contributed by atoms with van der Waals surface area (Å²) in [5.74, 6) is -0.297. The Morgan fingerprint density at radius 1 is 1.25 bits per heavy atom. The van der Waals surface area contributed by atoms with Crippen LogP contribution in [-0.2, 0) is 4.79 Å². The first-order chi connectivity index (χ1) is 9.03.